The molecular formula is C24H42. The summed E-state index contributed by atoms with van der Waals surface area (Å²) in [5.41, 5.74) is 4.33. The molecule has 0 unspecified atom stereocenters. The third kappa shape index (κ3) is 20.4. The molecule has 0 heterocycles. The van der Waals surface area contributed by atoms with Crippen LogP contribution in [0.5, 0.6) is 0 Å². The largest absolute Gasteiger partial charge is 0.0805 e. The number of rotatable bonds is 0. The maximum absolute atomic E-state index is 2.21. The molecule has 3 aliphatic carbocycles. The molecule has 0 amide bonds. The highest BCUT2D eigenvalue weighted by Crippen LogP contribution is 2.07. The van der Waals surface area contributed by atoms with Gasteiger partial charge in [0.15, 0.2) is 0 Å². The highest BCUT2D eigenvalue weighted by molar-refractivity contribution is 5.23. The normalized spacial score (nSPS) is 14.6. The molecule has 0 aromatic carbocycles. The molecule has 0 aliphatic heterocycles. The Morgan fingerprint density at radius 2 is 1.04 bits per heavy atom. The van der Waals surface area contributed by atoms with Gasteiger partial charge in [-0.2, -0.15) is 0 Å². The Morgan fingerprint density at radius 1 is 0.625 bits per heavy atom. The van der Waals surface area contributed by atoms with E-state index in [1.807, 2.05) is 41.5 Å². The topological polar surface area (TPSA) is 0 Å². The Morgan fingerprint density at radius 3 is 1.12 bits per heavy atom. The van der Waals surface area contributed by atoms with Crippen molar-refractivity contribution in [2.75, 3.05) is 0 Å². The van der Waals surface area contributed by atoms with E-state index in [4.69, 9.17) is 0 Å². The summed E-state index contributed by atoms with van der Waals surface area (Å²) < 4.78 is 0. The summed E-state index contributed by atoms with van der Waals surface area (Å²) in [7, 11) is 0. The SMILES string of the molecule is CC.CC.CC.CC1=CC=CC1.CC1=CC=CC1.CC1=CCC=C1. The van der Waals surface area contributed by atoms with Crippen molar-refractivity contribution in [2.24, 2.45) is 0 Å². The maximum Gasteiger partial charge on any atom is -0.0135 e. The van der Waals surface area contributed by atoms with Crippen LogP contribution in [0.1, 0.15) is 81.6 Å². The van der Waals surface area contributed by atoms with E-state index in [0.717, 1.165) is 6.42 Å². The van der Waals surface area contributed by atoms with Crippen molar-refractivity contribution in [2.45, 2.75) is 81.6 Å². The molecule has 0 saturated carbocycles. The first-order valence-electron chi connectivity index (χ1n) is 9.66. The van der Waals surface area contributed by atoms with Crippen LogP contribution in [0, 0.1) is 0 Å². The molecule has 0 fully saturated rings. The zero-order chi connectivity index (χ0) is 19.2. The van der Waals surface area contributed by atoms with Crippen LogP contribution in [-0.2, 0) is 0 Å². The first kappa shape index (κ1) is 27.3. The van der Waals surface area contributed by atoms with Crippen molar-refractivity contribution in [1.82, 2.24) is 0 Å². The van der Waals surface area contributed by atoms with E-state index >= 15 is 0 Å². The van der Waals surface area contributed by atoms with Crippen molar-refractivity contribution in [1.29, 1.82) is 0 Å². The van der Waals surface area contributed by atoms with Crippen molar-refractivity contribution < 1.29 is 0 Å². The van der Waals surface area contributed by atoms with Crippen LogP contribution >= 0.6 is 0 Å². The molecule has 138 valence electrons. The second-order valence-electron chi connectivity index (χ2n) is 4.88. The molecule has 0 spiro atoms. The van der Waals surface area contributed by atoms with Gasteiger partial charge in [-0.1, -0.05) is 113 Å². The molecule has 0 heteroatoms. The van der Waals surface area contributed by atoms with E-state index in [9.17, 15) is 0 Å². The Bertz CT molecular complexity index is 392. The quantitative estimate of drug-likeness (QED) is 0.416. The lowest BCUT2D eigenvalue weighted by atomic mass is 10.3. The van der Waals surface area contributed by atoms with Gasteiger partial charge < -0.3 is 0 Å². The van der Waals surface area contributed by atoms with E-state index in [1.165, 1.54) is 29.6 Å². The summed E-state index contributed by atoms with van der Waals surface area (Å²) in [4.78, 5) is 0. The molecule has 3 aliphatic rings. The fourth-order valence-corrected chi connectivity index (χ4v) is 1.68. The first-order valence-corrected chi connectivity index (χ1v) is 9.66. The van der Waals surface area contributed by atoms with Crippen LogP contribution in [-0.4, -0.2) is 0 Å². The molecule has 0 nitrogen and oxygen atoms in total. The lowest BCUT2D eigenvalue weighted by molar-refractivity contribution is 1.25. The molecule has 3 rings (SSSR count). The van der Waals surface area contributed by atoms with E-state index in [2.05, 4.69) is 75.5 Å². The average Bonchev–Trinajstić information content (AvgIpc) is 3.40. The van der Waals surface area contributed by atoms with E-state index < -0.39 is 0 Å². The van der Waals surface area contributed by atoms with Crippen LogP contribution in [0.2, 0.25) is 0 Å². The standard InChI is InChI=1S/3C6H8.3C2H6/c3*1-6-4-2-3-5-6;3*1-2/h2,4-5H,3H2,1H3;2*2-4H,5H2,1H3;3*1-2H3. The molecule has 0 aromatic heterocycles. The van der Waals surface area contributed by atoms with Crippen LogP contribution in [0.25, 0.3) is 0 Å². The van der Waals surface area contributed by atoms with Crippen molar-refractivity contribution in [3.63, 3.8) is 0 Å². The van der Waals surface area contributed by atoms with Gasteiger partial charge in [0, 0.05) is 0 Å². The van der Waals surface area contributed by atoms with E-state index in [1.54, 1.807) is 0 Å². The maximum atomic E-state index is 2.21. The molecule has 0 radical (unpaired) electrons. The fraction of sp³-hybridized carbons (Fsp3) is 0.500. The molecule has 24 heavy (non-hydrogen) atoms. The summed E-state index contributed by atoms with van der Waals surface area (Å²) in [6.45, 7) is 18.4. The minimum Gasteiger partial charge on any atom is -0.0805 e. The molecule has 0 N–H and O–H groups in total. The summed E-state index contributed by atoms with van der Waals surface area (Å²) in [5, 5.41) is 0. The molecule has 0 aromatic rings. The Hall–Kier alpha value is -1.56. The fourth-order valence-electron chi connectivity index (χ4n) is 1.68. The zero-order valence-corrected chi connectivity index (χ0v) is 17.8. The van der Waals surface area contributed by atoms with Crippen LogP contribution in [0.3, 0.4) is 0 Å². The summed E-state index contributed by atoms with van der Waals surface area (Å²) in [6, 6.07) is 0. The molecular weight excluding hydrogens is 288 g/mol. The van der Waals surface area contributed by atoms with E-state index in [-0.39, 0.29) is 0 Å². The molecule has 0 bridgehead atoms. The van der Waals surface area contributed by atoms with Gasteiger partial charge in [0.2, 0.25) is 0 Å². The first-order chi connectivity index (χ1) is 11.7. The minimum absolute atomic E-state index is 1.14. The Balaban J connectivity index is -0.000000239. The third-order valence-corrected chi connectivity index (χ3v) is 2.87. The van der Waals surface area contributed by atoms with E-state index in [0.29, 0.717) is 0 Å². The molecule has 0 saturated heterocycles. The number of allylic oxidation sites excluding steroid dienone is 12. The monoisotopic (exact) mass is 330 g/mol. The average molecular weight is 331 g/mol. The van der Waals surface area contributed by atoms with Crippen LogP contribution in [0.4, 0.5) is 0 Å². The van der Waals surface area contributed by atoms with Crippen molar-refractivity contribution >= 4 is 0 Å². The van der Waals surface area contributed by atoms with Gasteiger partial charge in [-0.05, 0) is 40.0 Å². The summed E-state index contributed by atoms with van der Waals surface area (Å²) >= 11 is 0. The number of hydrogen-bond donors (Lipinski definition) is 0. The summed E-state index contributed by atoms with van der Waals surface area (Å²) in [6.07, 6.45) is 22.8. The van der Waals surface area contributed by atoms with Gasteiger partial charge in [-0.25, -0.2) is 0 Å². The molecule has 0 atom stereocenters. The minimum atomic E-state index is 1.14. The van der Waals surface area contributed by atoms with Gasteiger partial charge >= 0.3 is 0 Å². The summed E-state index contributed by atoms with van der Waals surface area (Å²) in [5.74, 6) is 0. The zero-order valence-electron chi connectivity index (χ0n) is 17.8. The predicted molar refractivity (Wildman–Crippen MR) is 117 cm³/mol. The van der Waals surface area contributed by atoms with Gasteiger partial charge in [0.05, 0.1) is 0 Å². The Labute approximate surface area is 153 Å². The van der Waals surface area contributed by atoms with Crippen molar-refractivity contribution in [3.05, 3.63) is 71.4 Å². The van der Waals surface area contributed by atoms with Gasteiger partial charge in [0.25, 0.3) is 0 Å². The van der Waals surface area contributed by atoms with Crippen LogP contribution in [0.15, 0.2) is 71.4 Å². The van der Waals surface area contributed by atoms with Crippen molar-refractivity contribution in [3.8, 4) is 0 Å². The second-order valence-corrected chi connectivity index (χ2v) is 4.88. The number of hydrogen-bond acceptors (Lipinski definition) is 0. The van der Waals surface area contributed by atoms with Gasteiger partial charge in [-0.15, -0.1) is 0 Å². The van der Waals surface area contributed by atoms with Crippen LogP contribution < -0.4 is 0 Å². The van der Waals surface area contributed by atoms with Gasteiger partial charge in [0.1, 0.15) is 0 Å². The predicted octanol–water partition coefficient (Wildman–Crippen LogP) is 8.76. The van der Waals surface area contributed by atoms with Gasteiger partial charge in [-0.3, -0.25) is 0 Å². The highest BCUT2D eigenvalue weighted by atomic mass is 13.9. The lowest BCUT2D eigenvalue weighted by Gasteiger charge is -1.78. The highest BCUT2D eigenvalue weighted by Gasteiger charge is 1.86. The smallest absolute Gasteiger partial charge is 0.0135 e. The second kappa shape index (κ2) is 23.7. The Kier molecular flexibility index (Phi) is 27.0. The lowest BCUT2D eigenvalue weighted by Crippen LogP contribution is -1.58. The third-order valence-electron chi connectivity index (χ3n) is 2.87.